The number of hydrogen-bond acceptors (Lipinski definition) is 4. The molecule has 0 aliphatic rings. The molecule has 0 bridgehead atoms. The number of esters is 1. The van der Waals surface area contributed by atoms with Crippen LogP contribution >= 0.6 is 11.8 Å². The van der Waals surface area contributed by atoms with Gasteiger partial charge in [0.05, 0.1) is 7.11 Å². The van der Waals surface area contributed by atoms with Crippen molar-refractivity contribution in [3.8, 4) is 0 Å². The van der Waals surface area contributed by atoms with Gasteiger partial charge in [0.1, 0.15) is 5.54 Å². The summed E-state index contributed by atoms with van der Waals surface area (Å²) in [5, 5.41) is 2.81. The third-order valence-electron chi connectivity index (χ3n) is 3.28. The van der Waals surface area contributed by atoms with Crippen LogP contribution < -0.4 is 5.32 Å². The molecule has 0 fully saturated rings. The van der Waals surface area contributed by atoms with Gasteiger partial charge in [0.2, 0.25) is 0 Å². The van der Waals surface area contributed by atoms with Crippen LogP contribution in [0.3, 0.4) is 0 Å². The Balaban J connectivity index is 2.91. The minimum Gasteiger partial charge on any atom is -0.467 e. The quantitative estimate of drug-likeness (QED) is 0.787. The molecule has 0 saturated heterocycles. The number of hydrogen-bond donors (Lipinski definition) is 1. The first-order chi connectivity index (χ1) is 9.96. The van der Waals surface area contributed by atoms with Crippen molar-refractivity contribution in [3.63, 3.8) is 0 Å². The standard InChI is InChI=1S/C16H23NO3S/c1-5-9-16(2,15(19)20-3)17-14(18)13-8-6-7-12(10-13)11-21-4/h6-8,10H,5,9,11H2,1-4H3,(H,17,18). The number of ether oxygens (including phenoxy) is 1. The minimum absolute atomic E-state index is 0.251. The zero-order valence-corrected chi connectivity index (χ0v) is 13.9. The Morgan fingerprint density at radius 1 is 1.38 bits per heavy atom. The number of methoxy groups -OCH3 is 1. The lowest BCUT2D eigenvalue weighted by Crippen LogP contribution is -2.52. The van der Waals surface area contributed by atoms with Crippen LogP contribution in [0.25, 0.3) is 0 Å². The van der Waals surface area contributed by atoms with E-state index in [1.165, 1.54) is 7.11 Å². The number of nitrogens with one attached hydrogen (secondary N) is 1. The van der Waals surface area contributed by atoms with E-state index in [-0.39, 0.29) is 5.91 Å². The molecule has 1 rings (SSSR count). The molecule has 0 spiro atoms. The summed E-state index contributed by atoms with van der Waals surface area (Å²) in [5.41, 5.74) is 0.661. The predicted molar refractivity (Wildman–Crippen MR) is 86.5 cm³/mol. The third-order valence-corrected chi connectivity index (χ3v) is 3.90. The van der Waals surface area contributed by atoms with Gasteiger partial charge in [0.25, 0.3) is 5.91 Å². The average Bonchev–Trinajstić information content (AvgIpc) is 2.47. The van der Waals surface area contributed by atoms with Crippen LogP contribution in [0.5, 0.6) is 0 Å². The first-order valence-corrected chi connectivity index (χ1v) is 8.35. The lowest BCUT2D eigenvalue weighted by Gasteiger charge is -2.27. The van der Waals surface area contributed by atoms with Gasteiger partial charge in [-0.05, 0) is 37.3 Å². The van der Waals surface area contributed by atoms with Crippen LogP contribution in [0.4, 0.5) is 0 Å². The van der Waals surface area contributed by atoms with Crippen LogP contribution in [0.2, 0.25) is 0 Å². The fourth-order valence-electron chi connectivity index (χ4n) is 2.23. The number of thioether (sulfide) groups is 1. The van der Waals surface area contributed by atoms with E-state index < -0.39 is 11.5 Å². The lowest BCUT2D eigenvalue weighted by molar-refractivity contribution is -0.147. The summed E-state index contributed by atoms with van der Waals surface area (Å²) in [6.07, 6.45) is 3.33. The minimum atomic E-state index is -0.990. The van der Waals surface area contributed by atoms with Crippen molar-refractivity contribution in [3.05, 3.63) is 35.4 Å². The Morgan fingerprint density at radius 3 is 2.67 bits per heavy atom. The van der Waals surface area contributed by atoms with Crippen LogP contribution in [-0.4, -0.2) is 30.8 Å². The molecule has 21 heavy (non-hydrogen) atoms. The Kier molecular flexibility index (Phi) is 6.75. The molecule has 0 saturated carbocycles. The summed E-state index contributed by atoms with van der Waals surface area (Å²) in [6, 6.07) is 7.45. The molecule has 0 radical (unpaired) electrons. The van der Waals surface area contributed by atoms with Crippen molar-refractivity contribution in [2.75, 3.05) is 13.4 Å². The van der Waals surface area contributed by atoms with Gasteiger partial charge >= 0.3 is 5.97 Å². The maximum Gasteiger partial charge on any atom is 0.331 e. The van der Waals surface area contributed by atoms with Gasteiger partial charge in [0, 0.05) is 11.3 Å². The molecule has 1 amide bonds. The van der Waals surface area contributed by atoms with E-state index in [0.29, 0.717) is 12.0 Å². The normalized spacial score (nSPS) is 13.3. The molecule has 0 heterocycles. The number of amides is 1. The molecule has 116 valence electrons. The molecule has 1 aromatic carbocycles. The average molecular weight is 309 g/mol. The van der Waals surface area contributed by atoms with Gasteiger partial charge in [-0.2, -0.15) is 11.8 Å². The molecule has 5 heteroatoms. The Labute approximate surface area is 130 Å². The first-order valence-electron chi connectivity index (χ1n) is 6.95. The Hall–Kier alpha value is -1.49. The monoisotopic (exact) mass is 309 g/mol. The first kappa shape index (κ1) is 17.6. The fraction of sp³-hybridized carbons (Fsp3) is 0.500. The molecule has 1 aromatic rings. The molecule has 0 aliphatic heterocycles. The van der Waals surface area contributed by atoms with E-state index in [1.54, 1.807) is 24.8 Å². The number of carbonyl (C=O) groups is 2. The van der Waals surface area contributed by atoms with Crippen LogP contribution in [-0.2, 0) is 15.3 Å². The topological polar surface area (TPSA) is 55.4 Å². The maximum atomic E-state index is 12.4. The molecule has 4 nitrogen and oxygen atoms in total. The second-order valence-corrected chi connectivity index (χ2v) is 6.03. The van der Waals surface area contributed by atoms with Crippen molar-refractivity contribution in [2.45, 2.75) is 38.0 Å². The Morgan fingerprint density at radius 2 is 2.10 bits per heavy atom. The highest BCUT2D eigenvalue weighted by atomic mass is 32.2. The second kappa shape index (κ2) is 8.08. The van der Waals surface area contributed by atoms with Crippen LogP contribution in [0.15, 0.2) is 24.3 Å². The van der Waals surface area contributed by atoms with Crippen molar-refractivity contribution >= 4 is 23.6 Å². The van der Waals surface area contributed by atoms with Gasteiger partial charge in [-0.3, -0.25) is 4.79 Å². The van der Waals surface area contributed by atoms with E-state index in [2.05, 4.69) is 5.32 Å². The maximum absolute atomic E-state index is 12.4. The van der Waals surface area contributed by atoms with E-state index in [1.807, 2.05) is 31.4 Å². The number of carbonyl (C=O) groups excluding carboxylic acids is 2. The highest BCUT2D eigenvalue weighted by molar-refractivity contribution is 7.97. The van der Waals surface area contributed by atoms with E-state index in [9.17, 15) is 9.59 Å². The van der Waals surface area contributed by atoms with Crippen molar-refractivity contribution in [1.29, 1.82) is 0 Å². The largest absolute Gasteiger partial charge is 0.467 e. The third kappa shape index (κ3) is 4.77. The highest BCUT2D eigenvalue weighted by Crippen LogP contribution is 2.17. The van der Waals surface area contributed by atoms with Crippen LogP contribution in [0, 0.1) is 0 Å². The van der Waals surface area contributed by atoms with Crippen molar-refractivity contribution in [1.82, 2.24) is 5.32 Å². The summed E-state index contributed by atoms with van der Waals surface area (Å²) >= 11 is 1.70. The molecule has 1 N–H and O–H groups in total. The fourth-order valence-corrected chi connectivity index (χ4v) is 2.75. The van der Waals surface area contributed by atoms with E-state index in [4.69, 9.17) is 4.74 Å². The lowest BCUT2D eigenvalue weighted by atomic mass is 9.95. The SMILES string of the molecule is CCCC(C)(NC(=O)c1cccc(CSC)c1)C(=O)OC. The summed E-state index contributed by atoms with van der Waals surface area (Å²) < 4.78 is 4.81. The van der Waals surface area contributed by atoms with E-state index >= 15 is 0 Å². The van der Waals surface area contributed by atoms with Gasteiger partial charge < -0.3 is 10.1 Å². The summed E-state index contributed by atoms with van der Waals surface area (Å²) in [4.78, 5) is 24.3. The molecule has 1 atom stereocenters. The zero-order chi connectivity index (χ0) is 15.9. The Bertz CT molecular complexity index is 504. The smallest absolute Gasteiger partial charge is 0.331 e. The number of rotatable bonds is 7. The van der Waals surface area contributed by atoms with Gasteiger partial charge in [0.15, 0.2) is 0 Å². The highest BCUT2D eigenvalue weighted by Gasteiger charge is 2.35. The molecular weight excluding hydrogens is 286 g/mol. The molecular formula is C16H23NO3S. The van der Waals surface area contributed by atoms with Gasteiger partial charge in [-0.1, -0.05) is 25.5 Å². The predicted octanol–water partition coefficient (Wildman–Crippen LogP) is 3.01. The van der Waals surface area contributed by atoms with Crippen molar-refractivity contribution < 1.29 is 14.3 Å². The second-order valence-electron chi connectivity index (χ2n) is 5.16. The zero-order valence-electron chi connectivity index (χ0n) is 13.1. The van der Waals surface area contributed by atoms with Crippen molar-refractivity contribution in [2.24, 2.45) is 0 Å². The van der Waals surface area contributed by atoms with Crippen LogP contribution in [0.1, 0.15) is 42.6 Å². The molecule has 0 aliphatic carbocycles. The van der Waals surface area contributed by atoms with Gasteiger partial charge in [-0.25, -0.2) is 4.79 Å². The molecule has 1 unspecified atom stereocenters. The van der Waals surface area contributed by atoms with Gasteiger partial charge in [-0.15, -0.1) is 0 Å². The summed E-state index contributed by atoms with van der Waals surface area (Å²) in [5.74, 6) is 0.182. The molecule has 0 aromatic heterocycles. The number of benzene rings is 1. The summed E-state index contributed by atoms with van der Waals surface area (Å²) in [6.45, 7) is 3.67. The summed E-state index contributed by atoms with van der Waals surface area (Å²) in [7, 11) is 1.33. The van der Waals surface area contributed by atoms with E-state index in [0.717, 1.165) is 17.7 Å².